The van der Waals surface area contributed by atoms with Crippen LogP contribution in [0.4, 0.5) is 5.82 Å². The van der Waals surface area contributed by atoms with Gasteiger partial charge in [-0.25, -0.2) is 9.97 Å². The first kappa shape index (κ1) is 26.3. The van der Waals surface area contributed by atoms with E-state index < -0.39 is 0 Å². The van der Waals surface area contributed by atoms with E-state index in [9.17, 15) is 4.79 Å². The van der Waals surface area contributed by atoms with Crippen LogP contribution in [0.5, 0.6) is 11.5 Å². The minimum atomic E-state index is -0.109. The molecule has 1 aromatic heterocycles. The molecule has 1 amide bonds. The molecule has 0 radical (unpaired) electrons. The molecule has 8 nitrogen and oxygen atoms in total. The van der Waals surface area contributed by atoms with Crippen molar-refractivity contribution in [1.29, 1.82) is 0 Å². The second kappa shape index (κ2) is 12.0. The van der Waals surface area contributed by atoms with Gasteiger partial charge in [0.15, 0.2) is 16.7 Å². The molecule has 0 aliphatic carbocycles. The molecule has 2 aromatic carbocycles. The van der Waals surface area contributed by atoms with E-state index in [1.165, 1.54) is 0 Å². The number of hydrogen-bond donors (Lipinski definition) is 1. The Kier molecular flexibility index (Phi) is 8.34. The van der Waals surface area contributed by atoms with Crippen molar-refractivity contribution in [3.05, 3.63) is 70.9 Å². The van der Waals surface area contributed by atoms with Gasteiger partial charge in [-0.05, 0) is 47.9 Å². The van der Waals surface area contributed by atoms with E-state index in [-0.39, 0.29) is 12.7 Å². The van der Waals surface area contributed by atoms with Crippen molar-refractivity contribution in [2.75, 3.05) is 44.4 Å². The average molecular weight is 534 g/mol. The lowest BCUT2D eigenvalue weighted by Gasteiger charge is -2.35. The third-order valence-corrected chi connectivity index (χ3v) is 7.84. The van der Waals surface area contributed by atoms with Crippen molar-refractivity contribution in [2.24, 2.45) is 0 Å². The van der Waals surface area contributed by atoms with Crippen LogP contribution in [0.25, 0.3) is 0 Å². The van der Waals surface area contributed by atoms with Crippen LogP contribution in [-0.2, 0) is 12.3 Å². The van der Waals surface area contributed by atoms with Gasteiger partial charge in [0.1, 0.15) is 5.82 Å². The summed E-state index contributed by atoms with van der Waals surface area (Å²) in [6.45, 7) is 12.4. The Bertz CT molecular complexity index is 1260. The number of amides is 1. The lowest BCUT2D eigenvalue weighted by atomic mass is 10.1. The van der Waals surface area contributed by atoms with Gasteiger partial charge in [-0.2, -0.15) is 0 Å². The number of nitrogens with one attached hydrogen (secondary N) is 1. The minimum Gasteiger partial charge on any atom is -0.454 e. The first-order valence-electron chi connectivity index (χ1n) is 13.2. The fraction of sp³-hybridized carbons (Fsp3) is 0.414. The largest absolute Gasteiger partial charge is 0.454 e. The fourth-order valence-electron chi connectivity index (χ4n) is 4.48. The van der Waals surface area contributed by atoms with Crippen molar-refractivity contribution in [3.63, 3.8) is 0 Å². The summed E-state index contributed by atoms with van der Waals surface area (Å²) < 4.78 is 10.8. The molecular formula is C29H35N5O3S. The zero-order valence-electron chi connectivity index (χ0n) is 22.3. The number of aromatic nitrogens is 2. The number of benzene rings is 2. The summed E-state index contributed by atoms with van der Waals surface area (Å²) in [6.07, 6.45) is 0. The minimum absolute atomic E-state index is 0.109. The molecule has 1 fully saturated rings. The highest BCUT2D eigenvalue weighted by molar-refractivity contribution is 7.98. The average Bonchev–Trinajstić information content (AvgIpc) is 3.43. The number of rotatable bonds is 9. The van der Waals surface area contributed by atoms with Crippen molar-refractivity contribution in [1.82, 2.24) is 20.2 Å². The number of carbonyl (C=O) groups is 1. The van der Waals surface area contributed by atoms with E-state index >= 15 is 0 Å². The predicted octanol–water partition coefficient (Wildman–Crippen LogP) is 4.69. The third kappa shape index (κ3) is 6.39. The zero-order valence-corrected chi connectivity index (χ0v) is 23.1. The van der Waals surface area contributed by atoms with Gasteiger partial charge in [0, 0.05) is 55.8 Å². The van der Waals surface area contributed by atoms with Crippen LogP contribution in [0.15, 0.2) is 53.7 Å². The fourth-order valence-corrected chi connectivity index (χ4v) is 5.30. The van der Waals surface area contributed by atoms with Crippen LogP contribution < -0.4 is 19.7 Å². The Morgan fingerprint density at radius 3 is 2.45 bits per heavy atom. The molecule has 2 aliphatic rings. The van der Waals surface area contributed by atoms with E-state index in [0.717, 1.165) is 72.0 Å². The van der Waals surface area contributed by atoms with Crippen molar-refractivity contribution in [3.8, 4) is 11.5 Å². The van der Waals surface area contributed by atoms with Gasteiger partial charge in [-0.1, -0.05) is 50.7 Å². The topological polar surface area (TPSA) is 79.8 Å². The SMILES string of the molecule is CCN1CCN(c2cc(C(C)C)nc(SCc3ccc(C(=O)NCc4ccc5c(c4)OCO5)cc3)n2)CC1. The molecule has 1 N–H and O–H groups in total. The van der Waals surface area contributed by atoms with E-state index in [0.29, 0.717) is 23.8 Å². The molecule has 1 saturated heterocycles. The molecule has 0 bridgehead atoms. The van der Waals surface area contributed by atoms with Gasteiger partial charge in [-0.15, -0.1) is 0 Å². The summed E-state index contributed by atoms with van der Waals surface area (Å²) in [5.74, 6) is 3.44. The first-order chi connectivity index (χ1) is 18.5. The molecule has 2 aliphatic heterocycles. The highest BCUT2D eigenvalue weighted by Crippen LogP contribution is 2.32. The Morgan fingerprint density at radius 1 is 0.974 bits per heavy atom. The van der Waals surface area contributed by atoms with Crippen molar-refractivity contribution < 1.29 is 14.3 Å². The standard InChI is InChI=1S/C29H35N5O3S/c1-4-33-11-13-34(14-12-33)27-16-24(20(2)3)31-29(32-27)38-18-21-5-8-23(9-6-21)28(35)30-17-22-7-10-25-26(15-22)37-19-36-25/h5-10,15-16,20H,4,11-14,17-19H2,1-3H3,(H,30,35). The van der Waals surface area contributed by atoms with Gasteiger partial charge < -0.3 is 24.6 Å². The monoisotopic (exact) mass is 533 g/mol. The highest BCUT2D eigenvalue weighted by atomic mass is 32.2. The Labute approximate surface area is 228 Å². The predicted molar refractivity (Wildman–Crippen MR) is 150 cm³/mol. The van der Waals surface area contributed by atoms with E-state index in [1.807, 2.05) is 42.5 Å². The molecule has 9 heteroatoms. The normalized spacial score (nSPS) is 15.2. The summed E-state index contributed by atoms with van der Waals surface area (Å²) >= 11 is 1.64. The number of fused-ring (bicyclic) bond motifs is 1. The number of hydrogen-bond acceptors (Lipinski definition) is 8. The molecule has 200 valence electrons. The van der Waals surface area contributed by atoms with Crippen LogP contribution in [0.3, 0.4) is 0 Å². The number of likely N-dealkylation sites (N-methyl/N-ethyl adjacent to an activating group) is 1. The molecule has 0 spiro atoms. The molecule has 5 rings (SSSR count). The van der Waals surface area contributed by atoms with Gasteiger partial charge >= 0.3 is 0 Å². The molecule has 0 atom stereocenters. The van der Waals surface area contributed by atoms with Crippen LogP contribution in [0, 0.1) is 0 Å². The summed E-state index contributed by atoms with van der Waals surface area (Å²) in [7, 11) is 0. The van der Waals surface area contributed by atoms with E-state index in [4.69, 9.17) is 19.4 Å². The molecule has 0 saturated carbocycles. The maximum Gasteiger partial charge on any atom is 0.251 e. The van der Waals surface area contributed by atoms with Crippen molar-refractivity contribution >= 4 is 23.5 Å². The van der Waals surface area contributed by atoms with Crippen molar-refractivity contribution in [2.45, 2.75) is 44.1 Å². The van der Waals surface area contributed by atoms with E-state index in [1.54, 1.807) is 11.8 Å². The second-order valence-corrected chi connectivity index (χ2v) is 10.8. The number of carbonyl (C=O) groups excluding carboxylic acids is 1. The number of thioether (sulfide) groups is 1. The number of nitrogens with zero attached hydrogens (tertiary/aromatic N) is 4. The highest BCUT2D eigenvalue weighted by Gasteiger charge is 2.19. The van der Waals surface area contributed by atoms with Gasteiger partial charge in [0.05, 0.1) is 0 Å². The summed E-state index contributed by atoms with van der Waals surface area (Å²) in [4.78, 5) is 27.2. The molecule has 3 heterocycles. The number of ether oxygens (including phenoxy) is 2. The van der Waals surface area contributed by atoms with Gasteiger partial charge in [0.25, 0.3) is 5.91 Å². The summed E-state index contributed by atoms with van der Waals surface area (Å²) in [6, 6.07) is 15.6. The Morgan fingerprint density at radius 2 is 1.71 bits per heavy atom. The van der Waals surface area contributed by atoms with Crippen LogP contribution in [0.2, 0.25) is 0 Å². The molecular weight excluding hydrogens is 498 g/mol. The lowest BCUT2D eigenvalue weighted by Crippen LogP contribution is -2.46. The van der Waals surface area contributed by atoms with Gasteiger partial charge in [0.2, 0.25) is 6.79 Å². The third-order valence-electron chi connectivity index (χ3n) is 6.92. The summed E-state index contributed by atoms with van der Waals surface area (Å²) in [5, 5.41) is 3.78. The zero-order chi connectivity index (χ0) is 26.5. The summed E-state index contributed by atoms with van der Waals surface area (Å²) in [5.41, 5.74) is 3.79. The maximum absolute atomic E-state index is 12.7. The van der Waals surface area contributed by atoms with Crippen LogP contribution in [0.1, 0.15) is 53.9 Å². The quantitative estimate of drug-likeness (QED) is 0.313. The molecule has 0 unspecified atom stereocenters. The molecule has 3 aromatic rings. The Balaban J connectivity index is 1.18. The second-order valence-electron chi connectivity index (χ2n) is 9.87. The van der Waals surface area contributed by atoms with E-state index in [2.05, 4.69) is 42.0 Å². The smallest absolute Gasteiger partial charge is 0.251 e. The first-order valence-corrected chi connectivity index (χ1v) is 14.2. The van der Waals surface area contributed by atoms with Gasteiger partial charge in [-0.3, -0.25) is 4.79 Å². The lowest BCUT2D eigenvalue weighted by molar-refractivity contribution is 0.0951. The molecule has 38 heavy (non-hydrogen) atoms. The number of piperazine rings is 1. The van der Waals surface area contributed by atoms with Crippen LogP contribution in [-0.4, -0.2) is 60.3 Å². The number of anilines is 1. The Hall–Kier alpha value is -3.30. The maximum atomic E-state index is 12.7. The van der Waals surface area contributed by atoms with Crippen LogP contribution >= 0.6 is 11.8 Å².